The number of benzene rings is 3. The van der Waals surface area contributed by atoms with Crippen molar-refractivity contribution in [2.45, 2.75) is 6.04 Å². The summed E-state index contributed by atoms with van der Waals surface area (Å²) < 4.78 is 7.54. The smallest absolute Gasteiger partial charge is 0.252 e. The molecule has 0 fully saturated rings. The molecule has 0 aliphatic carbocycles. The van der Waals surface area contributed by atoms with Gasteiger partial charge < -0.3 is 14.6 Å². The number of pyridine rings is 1. The summed E-state index contributed by atoms with van der Waals surface area (Å²) in [5.74, 6) is 1.13. The van der Waals surface area contributed by atoms with E-state index >= 15 is 0 Å². The Morgan fingerprint density at radius 3 is 2.17 bits per heavy atom. The predicted octanol–water partition coefficient (Wildman–Crippen LogP) is 4.16. The van der Waals surface area contributed by atoms with Crippen molar-refractivity contribution >= 4 is 16.8 Å². The van der Waals surface area contributed by atoms with E-state index in [9.17, 15) is 9.59 Å². The van der Waals surface area contributed by atoms with Gasteiger partial charge >= 0.3 is 0 Å². The minimum atomic E-state index is -0.369. The third kappa shape index (κ3) is 2.79. The minimum absolute atomic E-state index is 0.221. The molecule has 5 heteroatoms. The lowest BCUT2D eigenvalue weighted by Gasteiger charge is -2.29. The SMILES string of the molecule is Cn1c(=O)cc(C(=O)NC2c3ccccc3Oc3ccccc32)c2ccccc21. The summed E-state index contributed by atoms with van der Waals surface area (Å²) in [7, 11) is 1.71. The fraction of sp³-hybridized carbons (Fsp3) is 0.0833. The molecule has 2 heterocycles. The summed E-state index contributed by atoms with van der Waals surface area (Å²) >= 11 is 0. The summed E-state index contributed by atoms with van der Waals surface area (Å²) in [5, 5.41) is 3.86. The van der Waals surface area contributed by atoms with Crippen LogP contribution in [0.2, 0.25) is 0 Å². The number of fused-ring (bicyclic) bond motifs is 3. The zero-order valence-electron chi connectivity index (χ0n) is 15.8. The minimum Gasteiger partial charge on any atom is -0.457 e. The normalized spacial score (nSPS) is 12.7. The van der Waals surface area contributed by atoms with E-state index < -0.39 is 0 Å². The first-order valence-electron chi connectivity index (χ1n) is 9.39. The summed E-state index contributed by atoms with van der Waals surface area (Å²) in [5.41, 5.74) is 2.63. The van der Waals surface area contributed by atoms with Crippen LogP contribution in [-0.2, 0) is 7.05 Å². The van der Waals surface area contributed by atoms with Gasteiger partial charge in [0.1, 0.15) is 11.5 Å². The van der Waals surface area contributed by atoms with Gasteiger partial charge in [-0.05, 0) is 18.2 Å². The summed E-state index contributed by atoms with van der Waals surface area (Å²) in [6, 6.07) is 23.7. The number of nitrogens with one attached hydrogen (secondary N) is 1. The first-order valence-corrected chi connectivity index (χ1v) is 9.39. The van der Waals surface area contributed by atoms with Crippen LogP contribution >= 0.6 is 0 Å². The van der Waals surface area contributed by atoms with E-state index in [1.165, 1.54) is 6.07 Å². The molecule has 5 nitrogen and oxygen atoms in total. The molecule has 0 radical (unpaired) electrons. The number of rotatable bonds is 2. The van der Waals surface area contributed by atoms with Crippen LogP contribution in [0.25, 0.3) is 10.9 Å². The summed E-state index contributed by atoms with van der Waals surface area (Å²) in [6.07, 6.45) is 0. The molecule has 0 unspecified atom stereocenters. The molecular weight excluding hydrogens is 364 g/mol. The fourth-order valence-electron chi connectivity index (χ4n) is 3.87. The van der Waals surface area contributed by atoms with Crippen molar-refractivity contribution < 1.29 is 9.53 Å². The summed E-state index contributed by atoms with van der Waals surface area (Å²) in [6.45, 7) is 0. The topological polar surface area (TPSA) is 60.3 Å². The number of amides is 1. The first kappa shape index (κ1) is 17.3. The maximum absolute atomic E-state index is 13.3. The van der Waals surface area contributed by atoms with Gasteiger partial charge in [0.05, 0.1) is 17.1 Å². The van der Waals surface area contributed by atoms with Gasteiger partial charge in [-0.2, -0.15) is 0 Å². The highest BCUT2D eigenvalue weighted by Crippen LogP contribution is 2.42. The van der Waals surface area contributed by atoms with E-state index in [1.54, 1.807) is 11.6 Å². The maximum atomic E-state index is 13.3. The molecule has 1 aliphatic rings. The average Bonchev–Trinajstić information content (AvgIpc) is 2.76. The molecule has 4 aromatic rings. The second-order valence-corrected chi connectivity index (χ2v) is 7.06. The van der Waals surface area contributed by atoms with Gasteiger partial charge in [0.15, 0.2) is 0 Å². The van der Waals surface area contributed by atoms with Crippen LogP contribution in [0.15, 0.2) is 83.7 Å². The molecular formula is C24H18N2O3. The Kier molecular flexibility index (Phi) is 3.95. The molecule has 1 N–H and O–H groups in total. The molecule has 0 atom stereocenters. The molecule has 142 valence electrons. The van der Waals surface area contributed by atoms with Gasteiger partial charge in [-0.25, -0.2) is 0 Å². The monoisotopic (exact) mass is 382 g/mol. The molecule has 0 spiro atoms. The van der Waals surface area contributed by atoms with E-state index in [0.717, 1.165) is 22.0 Å². The highest BCUT2D eigenvalue weighted by atomic mass is 16.5. The molecule has 3 aromatic carbocycles. The molecule has 0 saturated heterocycles. The molecule has 1 amide bonds. The Hall–Kier alpha value is -3.86. The molecule has 5 rings (SSSR count). The van der Waals surface area contributed by atoms with Crippen molar-refractivity contribution in [1.29, 1.82) is 0 Å². The van der Waals surface area contributed by atoms with Crippen LogP contribution in [0, 0.1) is 0 Å². The Bertz CT molecular complexity index is 1280. The van der Waals surface area contributed by atoms with Crippen LogP contribution in [0.5, 0.6) is 11.5 Å². The standard InChI is InChI=1S/C24H18N2O3/c1-26-19-11-5-2-8-15(19)18(14-22(26)27)24(28)25-23-16-9-3-6-12-20(16)29-21-13-7-4-10-17(21)23/h2-14,23H,1H3,(H,25,28). The predicted molar refractivity (Wildman–Crippen MR) is 111 cm³/mol. The second-order valence-electron chi connectivity index (χ2n) is 7.06. The Morgan fingerprint density at radius 1 is 0.897 bits per heavy atom. The van der Waals surface area contributed by atoms with E-state index in [-0.39, 0.29) is 17.5 Å². The lowest BCUT2D eigenvalue weighted by atomic mass is 9.94. The zero-order valence-corrected chi connectivity index (χ0v) is 15.8. The number of hydrogen-bond acceptors (Lipinski definition) is 3. The highest BCUT2D eigenvalue weighted by Gasteiger charge is 2.29. The first-order chi connectivity index (χ1) is 14.1. The average molecular weight is 382 g/mol. The van der Waals surface area contributed by atoms with Crippen molar-refractivity contribution in [3.05, 3.63) is 106 Å². The largest absolute Gasteiger partial charge is 0.457 e. The Labute approximate surface area is 167 Å². The van der Waals surface area contributed by atoms with Crippen LogP contribution in [0.4, 0.5) is 0 Å². The Morgan fingerprint density at radius 2 is 1.48 bits per heavy atom. The molecule has 1 aromatic heterocycles. The van der Waals surface area contributed by atoms with Crippen LogP contribution in [0.3, 0.4) is 0 Å². The highest BCUT2D eigenvalue weighted by molar-refractivity contribution is 6.06. The molecule has 1 aliphatic heterocycles. The van der Waals surface area contributed by atoms with Gasteiger partial charge in [0.2, 0.25) is 0 Å². The number of nitrogens with zero attached hydrogens (tertiary/aromatic N) is 1. The van der Waals surface area contributed by atoms with Gasteiger partial charge in [-0.3, -0.25) is 9.59 Å². The van der Waals surface area contributed by atoms with Crippen LogP contribution in [0.1, 0.15) is 27.5 Å². The number of carbonyl (C=O) groups is 1. The molecule has 29 heavy (non-hydrogen) atoms. The number of aromatic nitrogens is 1. The zero-order chi connectivity index (χ0) is 20.0. The van der Waals surface area contributed by atoms with E-state index in [2.05, 4.69) is 5.32 Å². The van der Waals surface area contributed by atoms with E-state index in [1.807, 2.05) is 72.8 Å². The van der Waals surface area contributed by atoms with Crippen molar-refractivity contribution in [3.63, 3.8) is 0 Å². The van der Waals surface area contributed by atoms with Crippen molar-refractivity contribution in [2.75, 3.05) is 0 Å². The number of hydrogen-bond donors (Lipinski definition) is 1. The van der Waals surface area contributed by atoms with Gasteiger partial charge in [-0.15, -0.1) is 0 Å². The lowest BCUT2D eigenvalue weighted by molar-refractivity contribution is 0.0943. The molecule has 0 bridgehead atoms. The van der Waals surface area contributed by atoms with Crippen LogP contribution in [-0.4, -0.2) is 10.5 Å². The third-order valence-corrected chi connectivity index (χ3v) is 5.35. The number of carbonyl (C=O) groups excluding carboxylic acids is 1. The van der Waals surface area contributed by atoms with Gasteiger partial charge in [0, 0.05) is 29.6 Å². The van der Waals surface area contributed by atoms with Crippen LogP contribution < -0.4 is 15.6 Å². The lowest BCUT2D eigenvalue weighted by Crippen LogP contribution is -2.32. The maximum Gasteiger partial charge on any atom is 0.252 e. The van der Waals surface area contributed by atoms with Crippen molar-refractivity contribution in [1.82, 2.24) is 9.88 Å². The number of ether oxygens (including phenoxy) is 1. The summed E-state index contributed by atoms with van der Waals surface area (Å²) in [4.78, 5) is 25.7. The van der Waals surface area contributed by atoms with E-state index in [4.69, 9.17) is 4.74 Å². The third-order valence-electron chi connectivity index (χ3n) is 5.35. The molecule has 0 saturated carbocycles. The van der Waals surface area contributed by atoms with Gasteiger partial charge in [-0.1, -0.05) is 54.6 Å². The fourth-order valence-corrected chi connectivity index (χ4v) is 3.87. The van der Waals surface area contributed by atoms with E-state index in [0.29, 0.717) is 17.1 Å². The van der Waals surface area contributed by atoms with Gasteiger partial charge in [0.25, 0.3) is 11.5 Å². The number of aryl methyl sites for hydroxylation is 1. The van der Waals surface area contributed by atoms with Crippen molar-refractivity contribution in [2.24, 2.45) is 7.05 Å². The van der Waals surface area contributed by atoms with Crippen molar-refractivity contribution in [3.8, 4) is 11.5 Å². The second kappa shape index (κ2) is 6.63. The Balaban J connectivity index is 1.62. The quantitative estimate of drug-likeness (QED) is 0.566. The number of para-hydroxylation sites is 3.